The van der Waals surface area contributed by atoms with Crippen molar-refractivity contribution in [3.05, 3.63) is 35.6 Å². The second-order valence-corrected chi connectivity index (χ2v) is 7.62. The molecule has 1 aromatic rings. The third-order valence-corrected chi connectivity index (χ3v) is 5.63. The zero-order chi connectivity index (χ0) is 18.5. The van der Waals surface area contributed by atoms with Crippen molar-refractivity contribution in [3.8, 4) is 0 Å². The highest BCUT2D eigenvalue weighted by Crippen LogP contribution is 2.47. The minimum atomic E-state index is -0.179. The molecular weight excluding hydrogens is 333 g/mol. The van der Waals surface area contributed by atoms with Gasteiger partial charge in [0.1, 0.15) is 5.82 Å². The van der Waals surface area contributed by atoms with Gasteiger partial charge in [0.05, 0.1) is 13.2 Å². The van der Waals surface area contributed by atoms with Crippen molar-refractivity contribution in [3.63, 3.8) is 0 Å². The summed E-state index contributed by atoms with van der Waals surface area (Å²) >= 11 is 0. The Labute approximate surface area is 155 Å². The first kappa shape index (κ1) is 19.1. The molecule has 1 aromatic carbocycles. The van der Waals surface area contributed by atoms with E-state index in [4.69, 9.17) is 9.73 Å². The maximum Gasteiger partial charge on any atom is 0.191 e. The van der Waals surface area contributed by atoms with E-state index in [0.29, 0.717) is 19.6 Å². The Bertz CT molecular complexity index is 625. The maximum absolute atomic E-state index is 13.6. The van der Waals surface area contributed by atoms with E-state index in [0.717, 1.165) is 50.5 Å². The van der Waals surface area contributed by atoms with Crippen molar-refractivity contribution in [2.45, 2.75) is 38.0 Å². The normalized spacial score (nSPS) is 24.5. The van der Waals surface area contributed by atoms with E-state index in [1.54, 1.807) is 12.1 Å². The lowest BCUT2D eigenvalue weighted by molar-refractivity contribution is 0.131. The number of benzene rings is 1. The van der Waals surface area contributed by atoms with Gasteiger partial charge in [-0.25, -0.2) is 4.39 Å². The van der Waals surface area contributed by atoms with E-state index in [1.807, 2.05) is 13.0 Å². The lowest BCUT2D eigenvalue weighted by Gasteiger charge is -2.25. The lowest BCUT2D eigenvalue weighted by Crippen LogP contribution is -2.42. The standard InChI is InChI=1S/C20H30FN3O2/c1-2-22-18(23-13-19(8-10-25)9-11-26-15-19)24-14-20(6-7-20)16-4-3-5-17(21)12-16/h3-5,12,25H,2,6-11,13-15H2,1H3,(H2,22,23,24). The second-order valence-electron chi connectivity index (χ2n) is 7.62. The maximum atomic E-state index is 13.6. The van der Waals surface area contributed by atoms with Gasteiger partial charge in [-0.2, -0.15) is 0 Å². The summed E-state index contributed by atoms with van der Waals surface area (Å²) in [6, 6.07) is 6.92. The van der Waals surface area contributed by atoms with E-state index in [2.05, 4.69) is 10.6 Å². The highest BCUT2D eigenvalue weighted by atomic mass is 19.1. The molecule has 3 rings (SSSR count). The van der Waals surface area contributed by atoms with Crippen molar-refractivity contribution in [2.75, 3.05) is 39.5 Å². The number of ether oxygens (including phenoxy) is 1. The number of halogens is 1. The molecule has 1 aliphatic heterocycles. The molecule has 5 nitrogen and oxygen atoms in total. The molecule has 2 aliphatic rings. The van der Waals surface area contributed by atoms with Gasteiger partial charge in [-0.1, -0.05) is 12.1 Å². The van der Waals surface area contributed by atoms with Gasteiger partial charge in [-0.15, -0.1) is 0 Å². The summed E-state index contributed by atoms with van der Waals surface area (Å²) in [6.45, 7) is 5.75. The van der Waals surface area contributed by atoms with Crippen molar-refractivity contribution < 1.29 is 14.2 Å². The molecule has 0 spiro atoms. The molecule has 1 unspecified atom stereocenters. The summed E-state index contributed by atoms with van der Waals surface area (Å²) in [5, 5.41) is 16.1. The Hall–Kier alpha value is -1.66. The predicted molar refractivity (Wildman–Crippen MR) is 101 cm³/mol. The number of aliphatic hydroxyl groups excluding tert-OH is 1. The number of hydrogen-bond donors (Lipinski definition) is 3. The van der Waals surface area contributed by atoms with Crippen LogP contribution in [0.1, 0.15) is 38.2 Å². The number of guanidine groups is 1. The van der Waals surface area contributed by atoms with Crippen LogP contribution in [0.25, 0.3) is 0 Å². The average Bonchev–Trinajstić information content (AvgIpc) is 3.30. The molecule has 0 radical (unpaired) electrons. The molecule has 0 aromatic heterocycles. The smallest absolute Gasteiger partial charge is 0.191 e. The molecule has 1 aliphatic carbocycles. The first-order valence-electron chi connectivity index (χ1n) is 9.58. The van der Waals surface area contributed by atoms with Crippen molar-refractivity contribution in [1.29, 1.82) is 0 Å². The minimum Gasteiger partial charge on any atom is -0.396 e. The summed E-state index contributed by atoms with van der Waals surface area (Å²) in [6.07, 6.45) is 3.77. The molecule has 1 atom stereocenters. The molecule has 144 valence electrons. The molecule has 1 saturated heterocycles. The number of hydrogen-bond acceptors (Lipinski definition) is 3. The summed E-state index contributed by atoms with van der Waals surface area (Å²) in [5.74, 6) is 0.598. The number of aliphatic imine (C=N–C) groups is 1. The van der Waals surface area contributed by atoms with E-state index in [-0.39, 0.29) is 23.3 Å². The topological polar surface area (TPSA) is 65.9 Å². The van der Waals surface area contributed by atoms with Crippen LogP contribution in [0, 0.1) is 11.2 Å². The highest BCUT2D eigenvalue weighted by Gasteiger charge is 2.44. The first-order valence-corrected chi connectivity index (χ1v) is 9.58. The van der Waals surface area contributed by atoms with E-state index in [1.165, 1.54) is 6.07 Å². The van der Waals surface area contributed by atoms with Crippen molar-refractivity contribution in [1.82, 2.24) is 10.6 Å². The van der Waals surface area contributed by atoms with E-state index < -0.39 is 0 Å². The number of rotatable bonds is 8. The molecule has 3 N–H and O–H groups in total. The van der Waals surface area contributed by atoms with Crippen molar-refractivity contribution in [2.24, 2.45) is 10.4 Å². The highest BCUT2D eigenvalue weighted by molar-refractivity contribution is 5.80. The van der Waals surface area contributed by atoms with Gasteiger partial charge < -0.3 is 20.5 Å². The Morgan fingerprint density at radius 2 is 2.15 bits per heavy atom. The molecule has 2 fully saturated rings. The van der Waals surface area contributed by atoms with Crippen LogP contribution in [-0.2, 0) is 10.2 Å². The third kappa shape index (κ3) is 4.54. The molecule has 1 saturated carbocycles. The van der Waals surface area contributed by atoms with Gasteiger partial charge in [0.2, 0.25) is 0 Å². The monoisotopic (exact) mass is 363 g/mol. The molecular formula is C20H30FN3O2. The van der Waals surface area contributed by atoms with E-state index in [9.17, 15) is 9.50 Å². The number of nitrogens with one attached hydrogen (secondary N) is 2. The fourth-order valence-electron chi connectivity index (χ4n) is 3.67. The average molecular weight is 363 g/mol. The number of aliphatic hydroxyl groups is 1. The van der Waals surface area contributed by atoms with Crippen LogP contribution in [-0.4, -0.2) is 50.5 Å². The van der Waals surface area contributed by atoms with Crippen LogP contribution in [0.15, 0.2) is 29.3 Å². The summed E-state index contributed by atoms with van der Waals surface area (Å²) in [5.41, 5.74) is 1.01. The van der Waals surface area contributed by atoms with Crippen molar-refractivity contribution >= 4 is 5.96 Å². The Morgan fingerprint density at radius 3 is 2.77 bits per heavy atom. The predicted octanol–water partition coefficient (Wildman–Crippen LogP) is 2.20. The molecule has 26 heavy (non-hydrogen) atoms. The van der Waals surface area contributed by atoms with Gasteiger partial charge in [0.25, 0.3) is 0 Å². The third-order valence-electron chi connectivity index (χ3n) is 5.63. The SMILES string of the molecule is CCNC(=NCC1(CCO)CCOC1)NCC1(c2cccc(F)c2)CC1. The van der Waals surface area contributed by atoms with E-state index >= 15 is 0 Å². The first-order chi connectivity index (χ1) is 12.6. The number of nitrogens with zero attached hydrogens (tertiary/aromatic N) is 1. The zero-order valence-electron chi connectivity index (χ0n) is 15.6. The lowest BCUT2D eigenvalue weighted by atomic mass is 9.84. The molecule has 0 bridgehead atoms. The minimum absolute atomic E-state index is 0.0115. The van der Waals surface area contributed by atoms with Crippen LogP contribution in [0.2, 0.25) is 0 Å². The van der Waals surface area contributed by atoms with Crippen LogP contribution >= 0.6 is 0 Å². The van der Waals surface area contributed by atoms with Gasteiger partial charge in [-0.3, -0.25) is 4.99 Å². The van der Waals surface area contributed by atoms with Gasteiger partial charge in [0, 0.05) is 37.1 Å². The Kier molecular flexibility index (Phi) is 6.14. The Balaban J connectivity index is 1.63. The summed E-state index contributed by atoms with van der Waals surface area (Å²) in [4.78, 5) is 4.76. The summed E-state index contributed by atoms with van der Waals surface area (Å²) in [7, 11) is 0. The second kappa shape index (κ2) is 8.35. The van der Waals surface area contributed by atoms with Gasteiger partial charge in [0.15, 0.2) is 5.96 Å². The Morgan fingerprint density at radius 1 is 1.31 bits per heavy atom. The zero-order valence-corrected chi connectivity index (χ0v) is 15.6. The summed E-state index contributed by atoms with van der Waals surface area (Å²) < 4.78 is 19.1. The van der Waals surface area contributed by atoms with Gasteiger partial charge in [-0.05, 0) is 50.3 Å². The van der Waals surface area contributed by atoms with Crippen LogP contribution in [0.3, 0.4) is 0 Å². The van der Waals surface area contributed by atoms with Crippen LogP contribution in [0.5, 0.6) is 0 Å². The largest absolute Gasteiger partial charge is 0.396 e. The quantitative estimate of drug-likeness (QED) is 0.489. The molecule has 6 heteroatoms. The molecule has 0 amide bonds. The molecule has 1 heterocycles. The van der Waals surface area contributed by atoms with Crippen LogP contribution < -0.4 is 10.6 Å². The van der Waals surface area contributed by atoms with Crippen LogP contribution in [0.4, 0.5) is 4.39 Å². The fraction of sp³-hybridized carbons (Fsp3) is 0.650. The van der Waals surface area contributed by atoms with Gasteiger partial charge >= 0.3 is 0 Å². The fourth-order valence-corrected chi connectivity index (χ4v) is 3.67.